The van der Waals surface area contributed by atoms with Gasteiger partial charge in [0, 0.05) is 12.6 Å². The minimum atomic E-state index is -0.925. The lowest BCUT2D eigenvalue weighted by Crippen LogP contribution is -2.46. The van der Waals surface area contributed by atoms with E-state index in [4.69, 9.17) is 9.84 Å². The molecule has 0 amide bonds. The van der Waals surface area contributed by atoms with Gasteiger partial charge in [-0.15, -0.1) is 0 Å². The highest BCUT2D eigenvalue weighted by molar-refractivity contribution is 6.45. The van der Waals surface area contributed by atoms with E-state index in [1.54, 1.807) is 31.1 Å². The van der Waals surface area contributed by atoms with E-state index in [1.165, 1.54) is 0 Å². The smallest absolute Gasteiger partial charge is 0.376 e. The predicted octanol–water partition coefficient (Wildman–Crippen LogP) is 1.01. The number of fused-ring (bicyclic) bond motifs is 2. The van der Waals surface area contributed by atoms with Crippen molar-refractivity contribution in [2.45, 2.75) is 31.5 Å². The van der Waals surface area contributed by atoms with E-state index in [0.717, 1.165) is 18.5 Å². The number of carbonyl (C=O) groups is 1. The van der Waals surface area contributed by atoms with Crippen molar-refractivity contribution < 1.29 is 19.7 Å². The van der Waals surface area contributed by atoms with Gasteiger partial charge >= 0.3 is 13.0 Å². The summed E-state index contributed by atoms with van der Waals surface area (Å²) in [5.41, 5.74) is 1.25. The largest absolute Gasteiger partial charge is 0.478 e. The first-order valence-electron chi connectivity index (χ1n) is 6.49. The van der Waals surface area contributed by atoms with Crippen LogP contribution in [0.3, 0.4) is 0 Å². The minimum absolute atomic E-state index is 0.0730. The summed E-state index contributed by atoms with van der Waals surface area (Å²) in [5, 5.41) is 18.6. The van der Waals surface area contributed by atoms with Crippen molar-refractivity contribution in [3.8, 4) is 0 Å². The third kappa shape index (κ3) is 2.16. The molecule has 2 aliphatic rings. The van der Waals surface area contributed by atoms with Crippen LogP contribution in [-0.2, 0) is 4.74 Å². The predicted molar refractivity (Wildman–Crippen MR) is 70.0 cm³/mol. The molecule has 0 aliphatic carbocycles. The van der Waals surface area contributed by atoms with Crippen molar-refractivity contribution in [2.24, 2.45) is 0 Å². The molecule has 0 radical (unpaired) electrons. The molecule has 1 aromatic carbocycles. The maximum Gasteiger partial charge on any atom is 0.376 e. The monoisotopic (exact) mass is 261 g/mol. The third-order valence-electron chi connectivity index (χ3n) is 4.00. The van der Waals surface area contributed by atoms with Crippen LogP contribution < -0.4 is 0 Å². The van der Waals surface area contributed by atoms with Gasteiger partial charge < -0.3 is 19.7 Å². The number of aromatic carboxylic acids is 1. The Bertz CT molecular complexity index is 490. The molecule has 2 N–H and O–H groups in total. The lowest BCUT2D eigenvalue weighted by Gasteiger charge is -2.34. The molecule has 2 saturated heterocycles. The molecule has 2 aliphatic heterocycles. The summed E-state index contributed by atoms with van der Waals surface area (Å²) in [4.78, 5) is 12.9. The summed E-state index contributed by atoms with van der Waals surface area (Å²) in [6, 6.07) is 6.98. The zero-order valence-electron chi connectivity index (χ0n) is 10.7. The molecule has 3 rings (SSSR count). The molecule has 100 valence electrons. The number of benzene rings is 1. The van der Waals surface area contributed by atoms with Crippen molar-refractivity contribution in [3.63, 3.8) is 0 Å². The van der Waals surface area contributed by atoms with E-state index in [0.29, 0.717) is 0 Å². The van der Waals surface area contributed by atoms with Crippen molar-refractivity contribution in [3.05, 3.63) is 35.4 Å². The SMILES string of the molecule is CB(O)N1CC2CC1C(c1ccc(C(=O)O)cc1)O2. The second kappa shape index (κ2) is 4.63. The molecule has 3 unspecified atom stereocenters. The maximum atomic E-state index is 10.8. The summed E-state index contributed by atoms with van der Waals surface area (Å²) in [7, 11) is -0.473. The van der Waals surface area contributed by atoms with Crippen molar-refractivity contribution in [1.29, 1.82) is 0 Å². The normalized spacial score (nSPS) is 29.7. The molecule has 6 heteroatoms. The number of hydrogen-bond acceptors (Lipinski definition) is 4. The Morgan fingerprint density at radius 3 is 2.63 bits per heavy atom. The van der Waals surface area contributed by atoms with E-state index in [2.05, 4.69) is 0 Å². The zero-order chi connectivity index (χ0) is 13.6. The highest BCUT2D eigenvalue weighted by Crippen LogP contribution is 2.42. The number of carboxylic acid groups (broad SMARTS) is 1. The Hall–Kier alpha value is -1.37. The summed E-state index contributed by atoms with van der Waals surface area (Å²) in [5.74, 6) is -0.925. The van der Waals surface area contributed by atoms with E-state index < -0.39 is 13.0 Å². The van der Waals surface area contributed by atoms with E-state index in [9.17, 15) is 9.82 Å². The van der Waals surface area contributed by atoms with Crippen LogP contribution >= 0.6 is 0 Å². The van der Waals surface area contributed by atoms with Crippen LogP contribution in [0.2, 0.25) is 6.82 Å². The minimum Gasteiger partial charge on any atom is -0.478 e. The molecule has 0 spiro atoms. The first-order valence-corrected chi connectivity index (χ1v) is 6.49. The molecule has 2 fully saturated rings. The quantitative estimate of drug-likeness (QED) is 0.794. The molecule has 3 atom stereocenters. The second-order valence-electron chi connectivity index (χ2n) is 5.24. The fourth-order valence-electron chi connectivity index (χ4n) is 3.09. The lowest BCUT2D eigenvalue weighted by atomic mass is 9.82. The van der Waals surface area contributed by atoms with Crippen molar-refractivity contribution in [1.82, 2.24) is 4.81 Å². The first-order chi connectivity index (χ1) is 9.06. The fourth-order valence-corrected chi connectivity index (χ4v) is 3.09. The summed E-state index contributed by atoms with van der Waals surface area (Å²) in [6.07, 6.45) is 1.02. The molecular weight excluding hydrogens is 245 g/mol. The highest BCUT2D eigenvalue weighted by atomic mass is 16.5. The Morgan fingerprint density at radius 1 is 1.42 bits per heavy atom. The number of morpholine rings is 1. The van der Waals surface area contributed by atoms with Gasteiger partial charge in [0.15, 0.2) is 0 Å². The number of nitrogens with zero attached hydrogens (tertiary/aromatic N) is 1. The van der Waals surface area contributed by atoms with Crippen LogP contribution in [0.5, 0.6) is 0 Å². The topological polar surface area (TPSA) is 70.0 Å². The highest BCUT2D eigenvalue weighted by Gasteiger charge is 2.48. The van der Waals surface area contributed by atoms with Crippen LogP contribution in [-0.4, -0.2) is 46.7 Å². The summed E-state index contributed by atoms with van der Waals surface area (Å²) < 4.78 is 5.93. The van der Waals surface area contributed by atoms with E-state index >= 15 is 0 Å². The third-order valence-corrected chi connectivity index (χ3v) is 4.00. The average Bonchev–Trinajstić information content (AvgIpc) is 2.98. The van der Waals surface area contributed by atoms with Crippen LogP contribution in [0, 0.1) is 0 Å². The van der Waals surface area contributed by atoms with Crippen molar-refractivity contribution in [2.75, 3.05) is 6.54 Å². The molecule has 5 nitrogen and oxygen atoms in total. The number of carboxylic acids is 1. The molecular formula is C13H16BNO4. The molecule has 1 aromatic rings. The number of rotatable bonds is 3. The van der Waals surface area contributed by atoms with Gasteiger partial charge in [-0.25, -0.2) is 4.79 Å². The molecule has 0 aromatic heterocycles. The van der Waals surface area contributed by atoms with Gasteiger partial charge in [0.2, 0.25) is 0 Å². The Morgan fingerprint density at radius 2 is 2.11 bits per heavy atom. The first kappa shape index (κ1) is 12.7. The lowest BCUT2D eigenvalue weighted by molar-refractivity contribution is -0.0152. The van der Waals surface area contributed by atoms with Crippen LogP contribution in [0.4, 0.5) is 0 Å². The van der Waals surface area contributed by atoms with E-state index in [1.807, 2.05) is 4.81 Å². The van der Waals surface area contributed by atoms with Gasteiger partial charge in [0.1, 0.15) is 0 Å². The van der Waals surface area contributed by atoms with Crippen molar-refractivity contribution >= 4 is 13.0 Å². The van der Waals surface area contributed by atoms with E-state index in [-0.39, 0.29) is 23.8 Å². The van der Waals surface area contributed by atoms with Gasteiger partial charge in [0.05, 0.1) is 17.8 Å². The second-order valence-corrected chi connectivity index (χ2v) is 5.24. The fraction of sp³-hybridized carbons (Fsp3) is 0.462. The standard InChI is InChI=1S/C13H16BNO4/c1-14(18)15-7-10-6-11(15)12(19-10)8-2-4-9(5-3-8)13(16)17/h2-5,10-12,18H,6-7H2,1H3,(H,16,17). The summed E-state index contributed by atoms with van der Waals surface area (Å²) >= 11 is 0. The zero-order valence-corrected chi connectivity index (χ0v) is 10.7. The number of hydrogen-bond donors (Lipinski definition) is 2. The Kier molecular flexibility index (Phi) is 3.08. The maximum absolute atomic E-state index is 10.8. The van der Waals surface area contributed by atoms with Crippen LogP contribution in [0.25, 0.3) is 0 Å². The molecule has 2 heterocycles. The Balaban J connectivity index is 1.81. The van der Waals surface area contributed by atoms with Gasteiger partial charge in [-0.3, -0.25) is 0 Å². The Labute approximate surface area is 111 Å². The van der Waals surface area contributed by atoms with Crippen LogP contribution in [0.15, 0.2) is 24.3 Å². The van der Waals surface area contributed by atoms with Gasteiger partial charge in [-0.1, -0.05) is 12.1 Å². The molecule has 0 saturated carbocycles. The average molecular weight is 261 g/mol. The van der Waals surface area contributed by atoms with Crippen LogP contribution in [0.1, 0.15) is 28.4 Å². The van der Waals surface area contributed by atoms with Gasteiger partial charge in [-0.2, -0.15) is 0 Å². The van der Waals surface area contributed by atoms with Gasteiger partial charge in [0.25, 0.3) is 0 Å². The molecule has 19 heavy (non-hydrogen) atoms. The number of ether oxygens (including phenoxy) is 1. The van der Waals surface area contributed by atoms with Gasteiger partial charge in [-0.05, 0) is 30.9 Å². The molecule has 2 bridgehead atoms. The summed E-state index contributed by atoms with van der Waals surface area (Å²) in [6.45, 7) is 2.54.